The Morgan fingerprint density at radius 2 is 1.45 bits per heavy atom. The normalized spacial score (nSPS) is 24.2. The monoisotopic (exact) mass is 539 g/mol. The van der Waals surface area contributed by atoms with Crippen molar-refractivity contribution in [2.75, 3.05) is 4.90 Å². The van der Waals surface area contributed by atoms with Crippen LogP contribution in [0.15, 0.2) is 97.3 Å². The number of benzene rings is 4. The molecule has 0 saturated carbocycles. The van der Waals surface area contributed by atoms with Crippen LogP contribution in [0.5, 0.6) is 0 Å². The van der Waals surface area contributed by atoms with E-state index in [1.165, 1.54) is 83.1 Å². The number of aromatic nitrogens is 3. The maximum atomic E-state index is 2.72. The number of pyridine rings is 1. The van der Waals surface area contributed by atoms with Crippen LogP contribution in [-0.2, 0) is 11.0 Å². The highest BCUT2D eigenvalue weighted by molar-refractivity contribution is 6.23. The van der Waals surface area contributed by atoms with E-state index >= 15 is 0 Å². The molecule has 0 saturated heterocycles. The average molecular weight is 540 g/mol. The van der Waals surface area contributed by atoms with Crippen molar-refractivity contribution in [2.24, 2.45) is 5.92 Å². The number of fused-ring (bicyclic) bond motifs is 7. The van der Waals surface area contributed by atoms with E-state index in [2.05, 4.69) is 137 Å². The molecule has 4 aromatic carbocycles. The second kappa shape index (κ2) is 6.03. The minimum Gasteiger partial charge on any atom is -0.339 e. The molecule has 12 rings (SSSR count). The van der Waals surface area contributed by atoms with E-state index in [0.717, 1.165) is 0 Å². The smallest absolute Gasteiger partial charge is 0.292 e. The first-order valence-electron chi connectivity index (χ1n) is 15.3. The van der Waals surface area contributed by atoms with Crippen LogP contribution < -0.4 is 9.47 Å². The summed E-state index contributed by atoms with van der Waals surface area (Å²) in [6.45, 7) is 7.27. The van der Waals surface area contributed by atoms with Crippen molar-refractivity contribution >= 4 is 49.3 Å². The maximum Gasteiger partial charge on any atom is 0.292 e. The van der Waals surface area contributed by atoms with Gasteiger partial charge in [0.1, 0.15) is 5.52 Å². The van der Waals surface area contributed by atoms with Gasteiger partial charge in [-0.1, -0.05) is 63.2 Å². The third kappa shape index (κ3) is 1.75. The Bertz CT molecular complexity index is 2540. The SMILES string of the molecule is CC1C=CN2c3cccc4c3C3(c5c6c(cc7c8cccc9c8n(c57)-c5c(ccc[n+]53)C9(C)C)c3ccccc3n6-4)C12. The van der Waals surface area contributed by atoms with E-state index < -0.39 is 0 Å². The molecule has 0 aliphatic carbocycles. The molecular weight excluding hydrogens is 512 g/mol. The second-order valence-corrected chi connectivity index (χ2v) is 13.7. The lowest BCUT2D eigenvalue weighted by atomic mass is 9.69. The van der Waals surface area contributed by atoms with Gasteiger partial charge < -0.3 is 9.47 Å². The van der Waals surface area contributed by atoms with Crippen LogP contribution in [0.25, 0.3) is 55.1 Å². The third-order valence-electron chi connectivity index (χ3n) is 11.7. The lowest BCUT2D eigenvalue weighted by Gasteiger charge is -2.44. The molecule has 0 amide bonds. The first kappa shape index (κ1) is 21.0. The molecule has 5 aliphatic heterocycles. The summed E-state index contributed by atoms with van der Waals surface area (Å²) in [7, 11) is 0. The molecule has 198 valence electrons. The van der Waals surface area contributed by atoms with Crippen molar-refractivity contribution < 1.29 is 4.57 Å². The van der Waals surface area contributed by atoms with Gasteiger partial charge in [0.2, 0.25) is 0 Å². The van der Waals surface area contributed by atoms with Crippen molar-refractivity contribution in [1.82, 2.24) is 9.13 Å². The zero-order valence-corrected chi connectivity index (χ0v) is 23.7. The lowest BCUT2D eigenvalue weighted by molar-refractivity contribution is -0.741. The quantitative estimate of drug-likeness (QED) is 0.182. The highest BCUT2D eigenvalue weighted by Crippen LogP contribution is 2.63. The van der Waals surface area contributed by atoms with Gasteiger partial charge in [0.15, 0.2) is 11.1 Å². The Morgan fingerprint density at radius 1 is 0.690 bits per heavy atom. The van der Waals surface area contributed by atoms with Gasteiger partial charge in [-0.05, 0) is 42.5 Å². The Kier molecular flexibility index (Phi) is 3.01. The standard InChI is InChI=1S/C38H27N4/c1-20-16-18-39-28-14-7-15-29-30(28)38(35(20)39)31-33-23(21-9-4-5-13-27(21)41(29)33)19-24-22-10-6-11-25-32(22)42(34(24)31)36-26(37(25,2)3)12-8-17-40(36)38/h4-20,35H,1-3H3/q+1. The minimum absolute atomic E-state index is 0.118. The van der Waals surface area contributed by atoms with E-state index in [1.54, 1.807) is 0 Å². The third-order valence-corrected chi connectivity index (χ3v) is 11.7. The summed E-state index contributed by atoms with van der Waals surface area (Å²) in [6.07, 6.45) is 7.19. The molecule has 4 heteroatoms. The zero-order chi connectivity index (χ0) is 27.4. The molecule has 5 aliphatic rings. The number of nitrogens with zero attached hydrogens (tertiary/aromatic N) is 4. The molecule has 0 radical (unpaired) electrons. The van der Waals surface area contributed by atoms with Gasteiger partial charge in [0.05, 0.1) is 51.3 Å². The summed E-state index contributed by atoms with van der Waals surface area (Å²) in [5, 5.41) is 5.46. The zero-order valence-electron chi connectivity index (χ0n) is 23.7. The summed E-state index contributed by atoms with van der Waals surface area (Å²) < 4.78 is 7.98. The molecule has 7 aromatic rings. The van der Waals surface area contributed by atoms with Gasteiger partial charge in [-0.3, -0.25) is 0 Å². The second-order valence-electron chi connectivity index (χ2n) is 13.7. The first-order valence-corrected chi connectivity index (χ1v) is 15.3. The summed E-state index contributed by atoms with van der Waals surface area (Å²) in [5.41, 5.74) is 13.4. The van der Waals surface area contributed by atoms with Gasteiger partial charge in [-0.15, -0.1) is 0 Å². The van der Waals surface area contributed by atoms with Gasteiger partial charge in [-0.25, -0.2) is 4.57 Å². The molecule has 3 aromatic heterocycles. The fraction of sp³-hybridized carbons (Fsp3) is 0.184. The molecule has 0 N–H and O–H groups in total. The van der Waals surface area contributed by atoms with Crippen LogP contribution in [0.4, 0.5) is 5.69 Å². The maximum absolute atomic E-state index is 2.72. The number of hydrogen-bond acceptors (Lipinski definition) is 1. The van der Waals surface area contributed by atoms with Crippen LogP contribution >= 0.6 is 0 Å². The van der Waals surface area contributed by atoms with Gasteiger partial charge in [0.25, 0.3) is 5.82 Å². The van der Waals surface area contributed by atoms with Gasteiger partial charge in [0, 0.05) is 44.6 Å². The largest absolute Gasteiger partial charge is 0.339 e. The number of para-hydroxylation sites is 2. The van der Waals surface area contributed by atoms with E-state index in [9.17, 15) is 0 Å². The number of anilines is 1. The van der Waals surface area contributed by atoms with Crippen molar-refractivity contribution in [3.05, 3.63) is 120 Å². The van der Waals surface area contributed by atoms with Crippen molar-refractivity contribution in [3.8, 4) is 11.5 Å². The number of hydrogen-bond donors (Lipinski definition) is 0. The van der Waals surface area contributed by atoms with Crippen LogP contribution in [0, 0.1) is 5.92 Å². The van der Waals surface area contributed by atoms with E-state index in [4.69, 9.17) is 0 Å². The predicted octanol–water partition coefficient (Wildman–Crippen LogP) is 7.58. The Hall–Kier alpha value is -4.83. The predicted molar refractivity (Wildman–Crippen MR) is 168 cm³/mol. The summed E-state index contributed by atoms with van der Waals surface area (Å²) >= 11 is 0. The molecule has 3 unspecified atom stereocenters. The van der Waals surface area contributed by atoms with Crippen LogP contribution in [0.2, 0.25) is 0 Å². The number of rotatable bonds is 0. The van der Waals surface area contributed by atoms with Gasteiger partial charge in [-0.2, -0.15) is 4.57 Å². The van der Waals surface area contributed by atoms with E-state index in [-0.39, 0.29) is 17.0 Å². The van der Waals surface area contributed by atoms with Crippen LogP contribution in [-0.4, -0.2) is 15.2 Å². The Balaban J connectivity index is 1.50. The molecule has 3 atom stereocenters. The summed E-state index contributed by atoms with van der Waals surface area (Å²) in [5.74, 6) is 1.73. The molecule has 4 nitrogen and oxygen atoms in total. The van der Waals surface area contributed by atoms with Crippen LogP contribution in [0.3, 0.4) is 0 Å². The van der Waals surface area contributed by atoms with Crippen molar-refractivity contribution in [3.63, 3.8) is 0 Å². The topological polar surface area (TPSA) is 17.0 Å². The van der Waals surface area contributed by atoms with Gasteiger partial charge >= 0.3 is 0 Å². The highest BCUT2D eigenvalue weighted by atomic mass is 15.3. The Morgan fingerprint density at radius 3 is 2.38 bits per heavy atom. The van der Waals surface area contributed by atoms with E-state index in [0.29, 0.717) is 5.92 Å². The average Bonchev–Trinajstić information content (AvgIpc) is 3.74. The molecule has 0 fully saturated rings. The fourth-order valence-electron chi connectivity index (χ4n) is 10.3. The summed E-state index contributed by atoms with van der Waals surface area (Å²) in [4.78, 5) is 2.60. The summed E-state index contributed by atoms with van der Waals surface area (Å²) in [6, 6.07) is 30.5. The molecular formula is C38H27N4+. The fourth-order valence-corrected chi connectivity index (χ4v) is 10.3. The molecule has 8 heterocycles. The molecule has 0 bridgehead atoms. The molecule has 1 spiro atoms. The van der Waals surface area contributed by atoms with Crippen LogP contribution in [0.1, 0.15) is 43.0 Å². The molecule has 42 heavy (non-hydrogen) atoms. The van der Waals surface area contributed by atoms with Crippen molar-refractivity contribution in [1.29, 1.82) is 0 Å². The van der Waals surface area contributed by atoms with Crippen molar-refractivity contribution in [2.45, 2.75) is 37.8 Å². The Labute approximate surface area is 242 Å². The van der Waals surface area contributed by atoms with E-state index in [1.807, 2.05) is 0 Å². The minimum atomic E-state index is -0.361. The first-order chi connectivity index (χ1) is 20.5. The highest BCUT2D eigenvalue weighted by Gasteiger charge is 2.67. The lowest BCUT2D eigenvalue weighted by Crippen LogP contribution is -2.69.